The molecule has 2 atom stereocenters. The lowest BCUT2D eigenvalue weighted by Gasteiger charge is -2.22. The molecule has 0 radical (unpaired) electrons. The normalized spacial score (nSPS) is 20.8. The van der Waals surface area contributed by atoms with E-state index in [0.29, 0.717) is 46.7 Å². The topological polar surface area (TPSA) is 88.2 Å². The maximum absolute atomic E-state index is 14.1. The van der Waals surface area contributed by atoms with E-state index in [1.54, 1.807) is 35.8 Å². The fraction of sp³-hybridized carbons (Fsp3) is 0.400. The van der Waals surface area contributed by atoms with Gasteiger partial charge < -0.3 is 9.88 Å². The first-order valence-electron chi connectivity index (χ1n) is 10.5. The molecule has 1 aliphatic rings. The highest BCUT2D eigenvalue weighted by atomic mass is 19.3. The van der Waals surface area contributed by atoms with Crippen LogP contribution in [0.25, 0.3) is 27.9 Å². The van der Waals surface area contributed by atoms with E-state index in [2.05, 4.69) is 30.4 Å². The zero-order valence-corrected chi connectivity index (χ0v) is 16.7. The van der Waals surface area contributed by atoms with Gasteiger partial charge in [-0.15, -0.1) is 0 Å². The van der Waals surface area contributed by atoms with Crippen LogP contribution in [0.1, 0.15) is 13.6 Å². The second-order valence-electron chi connectivity index (χ2n) is 7.51. The Bertz CT molecular complexity index is 1360. The summed E-state index contributed by atoms with van der Waals surface area (Å²) in [7, 11) is 0. The molecule has 4 aromatic rings. The molecule has 11 heteroatoms. The molecule has 31 heavy (non-hydrogen) atoms. The molecule has 1 saturated heterocycles. The van der Waals surface area contributed by atoms with Crippen molar-refractivity contribution < 1.29 is 14.5 Å². The Morgan fingerprint density at radius 3 is 3.00 bits per heavy atom. The number of aromatic amines is 1. The van der Waals surface area contributed by atoms with Crippen molar-refractivity contribution in [3.63, 3.8) is 0 Å². The number of piperidine rings is 1. The number of hydrogen-bond donors (Lipinski definition) is 2. The number of rotatable bonds is 4. The number of alkyl halides is 3. The van der Waals surface area contributed by atoms with Crippen molar-refractivity contribution >= 4 is 16.7 Å². The molecule has 0 unspecified atom stereocenters. The fourth-order valence-electron chi connectivity index (χ4n) is 3.87. The Balaban J connectivity index is 1.59. The van der Waals surface area contributed by atoms with Crippen LogP contribution in [0.3, 0.4) is 0 Å². The molecular weight excluding hydrogens is 409 g/mol. The lowest BCUT2D eigenvalue weighted by Crippen LogP contribution is -2.41. The number of pyridine rings is 1. The van der Waals surface area contributed by atoms with Gasteiger partial charge in [0.15, 0.2) is 5.65 Å². The van der Waals surface area contributed by atoms with Crippen LogP contribution in [0.4, 0.5) is 13.2 Å². The van der Waals surface area contributed by atoms with Gasteiger partial charge in [0.25, 0.3) is 6.43 Å². The minimum Gasteiger partial charge on any atom is -0.314 e. The molecule has 0 bridgehead atoms. The van der Waals surface area contributed by atoms with Crippen molar-refractivity contribution in [1.82, 2.24) is 34.4 Å². The zero-order valence-electron chi connectivity index (χ0n) is 17.7. The van der Waals surface area contributed by atoms with Gasteiger partial charge in [-0.3, -0.25) is 9.61 Å². The van der Waals surface area contributed by atoms with Crippen LogP contribution < -0.4 is 10.9 Å². The van der Waals surface area contributed by atoms with Crippen molar-refractivity contribution in [2.24, 2.45) is 4.99 Å². The maximum Gasteiger partial charge on any atom is 0.256 e. The van der Waals surface area contributed by atoms with Gasteiger partial charge in [-0.25, -0.2) is 33.1 Å². The van der Waals surface area contributed by atoms with Gasteiger partial charge >= 0.3 is 0 Å². The second-order valence-corrected chi connectivity index (χ2v) is 7.51. The Morgan fingerprint density at radius 1 is 1.32 bits per heavy atom. The van der Waals surface area contributed by atoms with E-state index in [4.69, 9.17) is 1.37 Å². The third kappa shape index (κ3) is 3.69. The Hall–Kier alpha value is -3.21. The zero-order chi connectivity index (χ0) is 22.4. The second kappa shape index (κ2) is 7.80. The molecular formula is C20H21F3N8. The maximum atomic E-state index is 14.1. The lowest BCUT2D eigenvalue weighted by atomic mass is 10.1. The lowest BCUT2D eigenvalue weighted by molar-refractivity contribution is 0.127. The van der Waals surface area contributed by atoms with Crippen molar-refractivity contribution in [3.8, 4) is 11.3 Å². The molecule has 1 aliphatic heterocycles. The van der Waals surface area contributed by atoms with Crippen LogP contribution in [0.5, 0.6) is 0 Å². The van der Waals surface area contributed by atoms with Crippen LogP contribution >= 0.6 is 0 Å². The first-order chi connectivity index (χ1) is 15.4. The predicted octanol–water partition coefficient (Wildman–Crippen LogP) is 2.25. The van der Waals surface area contributed by atoms with Gasteiger partial charge in [0, 0.05) is 18.3 Å². The molecule has 8 nitrogen and oxygen atoms in total. The summed E-state index contributed by atoms with van der Waals surface area (Å²) in [5.74, 6) is 0.457. The quantitative estimate of drug-likeness (QED) is 0.519. The molecule has 0 aliphatic carbocycles. The average Bonchev–Trinajstić information content (AvgIpc) is 3.31. The summed E-state index contributed by atoms with van der Waals surface area (Å²) >= 11 is 0. The van der Waals surface area contributed by atoms with Crippen molar-refractivity contribution in [3.05, 3.63) is 42.0 Å². The minimum absolute atomic E-state index is 0.0500. The van der Waals surface area contributed by atoms with Gasteiger partial charge in [-0.2, -0.15) is 0 Å². The predicted molar refractivity (Wildman–Crippen MR) is 109 cm³/mol. The molecule has 0 saturated carbocycles. The van der Waals surface area contributed by atoms with E-state index in [-0.39, 0.29) is 18.3 Å². The van der Waals surface area contributed by atoms with E-state index in [1.807, 2.05) is 0 Å². The van der Waals surface area contributed by atoms with Gasteiger partial charge in [0.1, 0.15) is 17.5 Å². The van der Waals surface area contributed by atoms with Crippen LogP contribution in [0.2, 0.25) is 0 Å². The van der Waals surface area contributed by atoms with Crippen LogP contribution in [0, 0.1) is 6.92 Å². The highest BCUT2D eigenvalue weighted by Gasteiger charge is 2.23. The van der Waals surface area contributed by atoms with E-state index in [0.717, 1.165) is 0 Å². The summed E-state index contributed by atoms with van der Waals surface area (Å²) in [6.07, 6.45) is -1.44. The monoisotopic (exact) mass is 431 g/mol. The average molecular weight is 431 g/mol. The smallest absolute Gasteiger partial charge is 0.256 e. The first kappa shape index (κ1) is 18.6. The molecule has 162 valence electrons. The number of H-pyrrole nitrogens is 1. The summed E-state index contributed by atoms with van der Waals surface area (Å²) in [4.78, 5) is 17.4. The third-order valence-electron chi connectivity index (χ3n) is 5.42. The van der Waals surface area contributed by atoms with Crippen LogP contribution in [-0.4, -0.2) is 60.9 Å². The summed E-state index contributed by atoms with van der Waals surface area (Å²) < 4.78 is 51.5. The Kier molecular flexibility index (Phi) is 4.67. The molecule has 0 aromatic carbocycles. The van der Waals surface area contributed by atoms with Crippen LogP contribution in [-0.2, 0) is 6.54 Å². The van der Waals surface area contributed by atoms with Gasteiger partial charge in [-0.1, -0.05) is 0 Å². The number of nitrogens with zero attached hydrogens (tertiary/aromatic N) is 6. The van der Waals surface area contributed by atoms with E-state index < -0.39 is 25.2 Å². The Labute approximate surface area is 176 Å². The van der Waals surface area contributed by atoms with E-state index in [9.17, 15) is 13.2 Å². The molecule has 0 spiro atoms. The number of imidazole rings is 1. The number of fused-ring (bicyclic) bond motifs is 2. The van der Waals surface area contributed by atoms with E-state index in [1.165, 1.54) is 4.57 Å². The molecule has 2 N–H and O–H groups in total. The number of hydrogen-bond acceptors (Lipinski definition) is 5. The highest BCUT2D eigenvalue weighted by Crippen LogP contribution is 2.26. The third-order valence-corrected chi connectivity index (χ3v) is 5.42. The van der Waals surface area contributed by atoms with Gasteiger partial charge in [0.2, 0.25) is 5.62 Å². The largest absolute Gasteiger partial charge is 0.314 e. The van der Waals surface area contributed by atoms with E-state index >= 15 is 0 Å². The fourth-order valence-corrected chi connectivity index (χ4v) is 3.87. The summed E-state index contributed by atoms with van der Waals surface area (Å²) in [6.45, 7) is 2.08. The molecule has 4 aromatic heterocycles. The molecule has 1 fully saturated rings. The molecule has 5 rings (SSSR count). The minimum atomic E-state index is -2.53. The van der Waals surface area contributed by atoms with Gasteiger partial charge in [-0.05, 0) is 38.1 Å². The number of halogens is 3. The molecule has 0 amide bonds. The van der Waals surface area contributed by atoms with Crippen molar-refractivity contribution in [1.29, 1.82) is 0 Å². The SMILES string of the molecule is [2H]c1nc(=N[C@H]2CCNC[C@H]2F)[nH]n2ccc(-c3ccc4nc(C)n(CC(F)F)c4n3)c12. The standard InChI is InChI=1S/C20H21F3N8/c1-11-26-16-3-2-14(27-19(16)30(11)10-18(22)23)12-5-7-31-17(12)9-25-20(29-31)28-15-4-6-24-8-13(15)21/h2-3,5,7,9,13,15,18,24H,4,6,8,10H2,1H3,(H,28,29)/t13-,15+/m1/s1/i9D. The number of aryl methyl sites for hydroxylation is 1. The van der Waals surface area contributed by atoms with Crippen molar-refractivity contribution in [2.75, 3.05) is 13.1 Å². The number of aromatic nitrogens is 6. The van der Waals surface area contributed by atoms with Crippen molar-refractivity contribution in [2.45, 2.75) is 38.5 Å². The summed E-state index contributed by atoms with van der Waals surface area (Å²) in [5.41, 5.74) is 2.62. The highest BCUT2D eigenvalue weighted by molar-refractivity contribution is 5.82. The number of nitrogens with one attached hydrogen (secondary N) is 2. The summed E-state index contributed by atoms with van der Waals surface area (Å²) in [5, 5.41) is 5.97. The Morgan fingerprint density at radius 2 is 2.19 bits per heavy atom. The summed E-state index contributed by atoms with van der Waals surface area (Å²) in [6, 6.07) is 4.69. The first-order valence-corrected chi connectivity index (χ1v) is 9.99. The van der Waals surface area contributed by atoms with Gasteiger partial charge in [0.05, 0.1) is 31.3 Å². The molecule has 5 heterocycles. The van der Waals surface area contributed by atoms with Crippen LogP contribution in [0.15, 0.2) is 35.6 Å².